The molecule has 0 atom stereocenters. The number of carbonyl (C=O) groups excluding carboxylic acids is 2. The molecule has 1 aromatic carbocycles. The van der Waals surface area contributed by atoms with Crippen LogP contribution in [0, 0.1) is 6.92 Å². The normalized spacial score (nSPS) is 10.0. The molecule has 7 heteroatoms. The lowest BCUT2D eigenvalue weighted by Gasteiger charge is -2.04. The number of aryl methyl sites for hydroxylation is 1. The van der Waals surface area contributed by atoms with Crippen molar-refractivity contribution in [2.45, 2.75) is 6.92 Å². The highest BCUT2D eigenvalue weighted by molar-refractivity contribution is 7.14. The summed E-state index contributed by atoms with van der Waals surface area (Å²) in [6, 6.07) is 6.56. The van der Waals surface area contributed by atoms with E-state index >= 15 is 0 Å². The van der Waals surface area contributed by atoms with Crippen LogP contribution in [0.5, 0.6) is 0 Å². The SMILES string of the molecule is Cc1csc(NC(=O)C(=O)Nc2cccc(Cl)c2)n1. The van der Waals surface area contributed by atoms with Crippen LogP contribution in [-0.2, 0) is 9.59 Å². The Labute approximate surface area is 118 Å². The van der Waals surface area contributed by atoms with Crippen molar-refractivity contribution in [3.8, 4) is 0 Å². The van der Waals surface area contributed by atoms with Crippen LogP contribution in [0.25, 0.3) is 0 Å². The van der Waals surface area contributed by atoms with Crippen molar-refractivity contribution in [1.29, 1.82) is 0 Å². The molecule has 0 radical (unpaired) electrons. The van der Waals surface area contributed by atoms with E-state index in [9.17, 15) is 9.59 Å². The topological polar surface area (TPSA) is 71.1 Å². The van der Waals surface area contributed by atoms with Gasteiger partial charge in [0, 0.05) is 16.1 Å². The van der Waals surface area contributed by atoms with Gasteiger partial charge in [0.1, 0.15) is 0 Å². The molecule has 0 aliphatic rings. The van der Waals surface area contributed by atoms with Gasteiger partial charge in [-0.25, -0.2) is 4.98 Å². The number of anilines is 2. The zero-order valence-electron chi connectivity index (χ0n) is 9.94. The molecule has 5 nitrogen and oxygen atoms in total. The fraction of sp³-hybridized carbons (Fsp3) is 0.0833. The van der Waals surface area contributed by atoms with Gasteiger partial charge < -0.3 is 5.32 Å². The highest BCUT2D eigenvalue weighted by atomic mass is 35.5. The molecule has 1 aromatic heterocycles. The number of benzene rings is 1. The molecule has 0 saturated carbocycles. The van der Waals surface area contributed by atoms with E-state index in [1.165, 1.54) is 11.3 Å². The summed E-state index contributed by atoms with van der Waals surface area (Å²) < 4.78 is 0. The van der Waals surface area contributed by atoms with E-state index in [1.807, 2.05) is 0 Å². The minimum absolute atomic E-state index is 0.392. The van der Waals surface area contributed by atoms with Gasteiger partial charge in [0.25, 0.3) is 0 Å². The van der Waals surface area contributed by atoms with E-state index in [2.05, 4.69) is 15.6 Å². The molecule has 2 aromatic rings. The molecule has 0 unspecified atom stereocenters. The van der Waals surface area contributed by atoms with E-state index in [0.717, 1.165) is 5.69 Å². The average Bonchev–Trinajstić information content (AvgIpc) is 2.74. The summed E-state index contributed by atoms with van der Waals surface area (Å²) in [5.41, 5.74) is 1.25. The lowest BCUT2D eigenvalue weighted by molar-refractivity contribution is -0.132. The number of amides is 2. The van der Waals surface area contributed by atoms with Crippen molar-refractivity contribution in [2.24, 2.45) is 0 Å². The number of nitrogens with one attached hydrogen (secondary N) is 2. The van der Waals surface area contributed by atoms with E-state index in [0.29, 0.717) is 15.8 Å². The summed E-state index contributed by atoms with van der Waals surface area (Å²) in [5.74, 6) is -1.54. The average molecular weight is 296 g/mol. The zero-order valence-corrected chi connectivity index (χ0v) is 11.5. The van der Waals surface area contributed by atoms with Crippen LogP contribution in [0.4, 0.5) is 10.8 Å². The Morgan fingerprint density at radius 2 is 2.00 bits per heavy atom. The Kier molecular flexibility index (Phi) is 4.13. The maximum atomic E-state index is 11.6. The third-order valence-electron chi connectivity index (χ3n) is 2.13. The van der Waals surface area contributed by atoms with E-state index < -0.39 is 11.8 Å². The van der Waals surface area contributed by atoms with Crippen molar-refractivity contribution in [3.63, 3.8) is 0 Å². The van der Waals surface area contributed by atoms with E-state index in [-0.39, 0.29) is 0 Å². The number of aromatic nitrogens is 1. The first-order valence-electron chi connectivity index (χ1n) is 5.34. The molecule has 0 aliphatic heterocycles. The number of halogens is 1. The van der Waals surface area contributed by atoms with Crippen LogP contribution < -0.4 is 10.6 Å². The van der Waals surface area contributed by atoms with Gasteiger partial charge in [0.05, 0.1) is 5.69 Å². The highest BCUT2D eigenvalue weighted by Crippen LogP contribution is 2.16. The van der Waals surface area contributed by atoms with Crippen LogP contribution in [0.3, 0.4) is 0 Å². The van der Waals surface area contributed by atoms with Gasteiger partial charge in [-0.15, -0.1) is 11.3 Å². The van der Waals surface area contributed by atoms with E-state index in [1.54, 1.807) is 36.6 Å². The minimum atomic E-state index is -0.769. The highest BCUT2D eigenvalue weighted by Gasteiger charge is 2.15. The molecular weight excluding hydrogens is 286 g/mol. The molecule has 2 N–H and O–H groups in total. The van der Waals surface area contributed by atoms with Crippen LogP contribution >= 0.6 is 22.9 Å². The summed E-state index contributed by atoms with van der Waals surface area (Å²) >= 11 is 7.04. The number of thiazole rings is 1. The first kappa shape index (κ1) is 13.5. The third-order valence-corrected chi connectivity index (χ3v) is 3.24. The molecule has 0 spiro atoms. The van der Waals surface area contributed by atoms with Gasteiger partial charge in [0.2, 0.25) is 0 Å². The van der Waals surface area contributed by atoms with Crippen molar-refractivity contribution in [3.05, 3.63) is 40.4 Å². The maximum Gasteiger partial charge on any atom is 0.315 e. The molecule has 0 bridgehead atoms. The van der Waals surface area contributed by atoms with Crippen molar-refractivity contribution >= 4 is 45.6 Å². The molecule has 0 saturated heterocycles. The standard InChI is InChI=1S/C12H10ClN3O2S/c1-7-6-19-12(14-7)16-11(18)10(17)15-9-4-2-3-8(13)5-9/h2-6H,1H3,(H,15,17)(H,14,16,18). The molecular formula is C12H10ClN3O2S. The lowest BCUT2D eigenvalue weighted by Crippen LogP contribution is -2.29. The number of rotatable bonds is 2. The Morgan fingerprint density at radius 3 is 2.63 bits per heavy atom. The Bertz CT molecular complexity index is 627. The second-order valence-electron chi connectivity index (χ2n) is 3.71. The van der Waals surface area contributed by atoms with Crippen molar-refractivity contribution in [2.75, 3.05) is 10.6 Å². The predicted octanol–water partition coefficient (Wildman–Crippen LogP) is 2.68. The van der Waals surface area contributed by atoms with Crippen molar-refractivity contribution in [1.82, 2.24) is 4.98 Å². The molecule has 2 amide bonds. The smallest absolute Gasteiger partial charge is 0.315 e. The molecule has 0 aliphatic carbocycles. The summed E-state index contributed by atoms with van der Waals surface area (Å²) in [7, 11) is 0. The summed E-state index contributed by atoms with van der Waals surface area (Å²) in [4.78, 5) is 27.3. The quantitative estimate of drug-likeness (QED) is 0.837. The van der Waals surface area contributed by atoms with Gasteiger partial charge >= 0.3 is 11.8 Å². The monoisotopic (exact) mass is 295 g/mol. The van der Waals surface area contributed by atoms with Gasteiger partial charge in [-0.2, -0.15) is 0 Å². The molecule has 1 heterocycles. The molecule has 98 valence electrons. The predicted molar refractivity (Wildman–Crippen MR) is 75.6 cm³/mol. The van der Waals surface area contributed by atoms with Gasteiger partial charge in [-0.3, -0.25) is 14.9 Å². The summed E-state index contributed by atoms with van der Waals surface area (Å²) in [5, 5.41) is 7.53. The minimum Gasteiger partial charge on any atom is -0.318 e. The zero-order chi connectivity index (χ0) is 13.8. The Hall–Kier alpha value is -1.92. The van der Waals surface area contributed by atoms with Gasteiger partial charge in [-0.1, -0.05) is 17.7 Å². The Balaban J connectivity index is 1.98. The van der Waals surface area contributed by atoms with Crippen LogP contribution in [0.15, 0.2) is 29.6 Å². The lowest BCUT2D eigenvalue weighted by atomic mass is 10.3. The largest absolute Gasteiger partial charge is 0.318 e. The summed E-state index contributed by atoms with van der Waals surface area (Å²) in [6.45, 7) is 1.80. The van der Waals surface area contributed by atoms with Gasteiger partial charge in [0.15, 0.2) is 5.13 Å². The second kappa shape index (κ2) is 5.81. The first-order valence-corrected chi connectivity index (χ1v) is 6.60. The van der Waals surface area contributed by atoms with E-state index in [4.69, 9.17) is 11.6 Å². The molecule has 19 heavy (non-hydrogen) atoms. The van der Waals surface area contributed by atoms with Crippen LogP contribution in [-0.4, -0.2) is 16.8 Å². The number of hydrogen-bond donors (Lipinski definition) is 2. The van der Waals surface area contributed by atoms with Crippen LogP contribution in [0.2, 0.25) is 5.02 Å². The second-order valence-corrected chi connectivity index (χ2v) is 5.01. The number of hydrogen-bond acceptors (Lipinski definition) is 4. The van der Waals surface area contributed by atoms with Crippen LogP contribution in [0.1, 0.15) is 5.69 Å². The number of nitrogens with zero attached hydrogens (tertiary/aromatic N) is 1. The Morgan fingerprint density at radius 1 is 1.26 bits per heavy atom. The summed E-state index contributed by atoms with van der Waals surface area (Å²) in [6.07, 6.45) is 0. The fourth-order valence-corrected chi connectivity index (χ4v) is 2.19. The number of carbonyl (C=O) groups is 2. The first-order chi connectivity index (χ1) is 9.04. The van der Waals surface area contributed by atoms with Gasteiger partial charge in [-0.05, 0) is 25.1 Å². The van der Waals surface area contributed by atoms with Crippen molar-refractivity contribution < 1.29 is 9.59 Å². The molecule has 2 rings (SSSR count). The third kappa shape index (κ3) is 3.77. The fourth-order valence-electron chi connectivity index (χ4n) is 1.32. The maximum absolute atomic E-state index is 11.6. The molecule has 0 fully saturated rings.